The van der Waals surface area contributed by atoms with Crippen LogP contribution in [0.4, 0.5) is 0 Å². The standard InChI is InChI=1S/C22H27NO5S/c1-4-5-6-17-20-18(24)11-15-12-23(13-19(22(15,20)3)28-21(17)25)29(26,27)16-9-7-14(2)8-10-16/h7-10,15,19H,4-6,11-13H2,1-3H3/t15-,19+,22-/m0/s1. The summed E-state index contributed by atoms with van der Waals surface area (Å²) >= 11 is 0. The zero-order valence-corrected chi connectivity index (χ0v) is 17.9. The van der Waals surface area contributed by atoms with Crippen LogP contribution in [0.1, 0.15) is 45.1 Å². The van der Waals surface area contributed by atoms with E-state index < -0.39 is 27.5 Å². The van der Waals surface area contributed by atoms with Crippen molar-refractivity contribution in [3.63, 3.8) is 0 Å². The Balaban J connectivity index is 1.71. The topological polar surface area (TPSA) is 80.8 Å². The predicted octanol–water partition coefficient (Wildman–Crippen LogP) is 3.01. The first-order valence-electron chi connectivity index (χ1n) is 10.2. The Hall–Kier alpha value is -1.99. The molecule has 0 N–H and O–H groups in total. The van der Waals surface area contributed by atoms with E-state index in [4.69, 9.17) is 4.74 Å². The third kappa shape index (κ3) is 3.06. The maximum atomic E-state index is 13.2. The van der Waals surface area contributed by atoms with Crippen LogP contribution in [-0.4, -0.2) is 43.7 Å². The Bertz CT molecular complexity index is 995. The van der Waals surface area contributed by atoms with Crippen LogP contribution in [0, 0.1) is 18.3 Å². The van der Waals surface area contributed by atoms with Gasteiger partial charge in [-0.05, 0) is 37.8 Å². The highest BCUT2D eigenvalue weighted by Crippen LogP contribution is 2.55. The number of ketones is 1. The molecule has 3 aliphatic rings. The number of unbranched alkanes of at least 4 members (excludes halogenated alkanes) is 1. The van der Waals surface area contributed by atoms with E-state index in [1.54, 1.807) is 24.3 Å². The van der Waals surface area contributed by atoms with E-state index in [9.17, 15) is 18.0 Å². The molecule has 1 aliphatic carbocycles. The first kappa shape index (κ1) is 20.3. The predicted molar refractivity (Wildman–Crippen MR) is 108 cm³/mol. The number of benzene rings is 1. The number of rotatable bonds is 5. The van der Waals surface area contributed by atoms with E-state index in [0.29, 0.717) is 17.6 Å². The molecule has 0 unspecified atom stereocenters. The molecular formula is C22H27NO5S. The fourth-order valence-corrected chi connectivity index (χ4v) is 6.49. The Morgan fingerprint density at radius 1 is 1.17 bits per heavy atom. The van der Waals surface area contributed by atoms with Crippen molar-refractivity contribution in [2.24, 2.45) is 11.3 Å². The van der Waals surface area contributed by atoms with Crippen molar-refractivity contribution in [3.05, 3.63) is 41.0 Å². The molecule has 0 amide bonds. The number of aryl methyl sites for hydroxylation is 1. The lowest BCUT2D eigenvalue weighted by Gasteiger charge is -2.49. The van der Waals surface area contributed by atoms with E-state index in [1.807, 2.05) is 20.8 Å². The van der Waals surface area contributed by atoms with Gasteiger partial charge in [-0.15, -0.1) is 0 Å². The molecule has 2 heterocycles. The first-order chi connectivity index (χ1) is 13.7. The summed E-state index contributed by atoms with van der Waals surface area (Å²) in [6, 6.07) is 6.72. The Morgan fingerprint density at radius 3 is 2.52 bits per heavy atom. The second-order valence-electron chi connectivity index (χ2n) is 8.59. The summed E-state index contributed by atoms with van der Waals surface area (Å²) in [5, 5.41) is 0. The van der Waals surface area contributed by atoms with Gasteiger partial charge in [0.15, 0.2) is 5.78 Å². The molecule has 7 heteroatoms. The summed E-state index contributed by atoms with van der Waals surface area (Å²) in [5.41, 5.74) is 1.48. The van der Waals surface area contributed by atoms with Gasteiger partial charge in [0.1, 0.15) is 6.10 Å². The highest BCUT2D eigenvalue weighted by atomic mass is 32.2. The normalized spacial score (nSPS) is 29.8. The Morgan fingerprint density at radius 2 is 1.86 bits per heavy atom. The summed E-state index contributed by atoms with van der Waals surface area (Å²) in [6.45, 7) is 6.25. The molecule has 3 atom stereocenters. The van der Waals surface area contributed by atoms with Crippen molar-refractivity contribution in [2.75, 3.05) is 13.1 Å². The molecule has 4 rings (SSSR count). The van der Waals surface area contributed by atoms with E-state index in [2.05, 4.69) is 0 Å². The van der Waals surface area contributed by atoms with E-state index in [1.165, 1.54) is 4.31 Å². The maximum Gasteiger partial charge on any atom is 0.334 e. The highest BCUT2D eigenvalue weighted by Gasteiger charge is 2.61. The Kier molecular flexibility index (Phi) is 4.94. The van der Waals surface area contributed by atoms with Gasteiger partial charge in [-0.1, -0.05) is 38.0 Å². The number of hydrogen-bond acceptors (Lipinski definition) is 5. The van der Waals surface area contributed by atoms with Crippen molar-refractivity contribution < 1.29 is 22.7 Å². The fourth-order valence-electron chi connectivity index (χ4n) is 5.01. The van der Waals surface area contributed by atoms with Gasteiger partial charge in [-0.2, -0.15) is 4.31 Å². The largest absolute Gasteiger partial charge is 0.457 e. The number of sulfonamides is 1. The van der Waals surface area contributed by atoms with Crippen LogP contribution >= 0.6 is 0 Å². The van der Waals surface area contributed by atoms with Gasteiger partial charge < -0.3 is 4.74 Å². The smallest absolute Gasteiger partial charge is 0.334 e. The number of carbonyl (C=O) groups is 2. The van der Waals surface area contributed by atoms with Crippen LogP contribution in [0.25, 0.3) is 0 Å². The molecule has 1 saturated carbocycles. The summed E-state index contributed by atoms with van der Waals surface area (Å²) in [7, 11) is -3.73. The van der Waals surface area contributed by atoms with Crippen LogP contribution in [0.15, 0.2) is 40.3 Å². The zero-order chi connectivity index (χ0) is 21.0. The molecule has 1 saturated heterocycles. The van der Waals surface area contributed by atoms with Crippen molar-refractivity contribution in [1.82, 2.24) is 4.31 Å². The van der Waals surface area contributed by atoms with Gasteiger partial charge in [-0.3, -0.25) is 4.79 Å². The third-order valence-electron chi connectivity index (χ3n) is 6.80. The lowest BCUT2D eigenvalue weighted by atomic mass is 9.67. The minimum Gasteiger partial charge on any atom is -0.457 e. The summed E-state index contributed by atoms with van der Waals surface area (Å²) in [5.74, 6) is -0.673. The van der Waals surface area contributed by atoms with Gasteiger partial charge in [-0.25, -0.2) is 13.2 Å². The number of hydrogen-bond donors (Lipinski definition) is 0. The molecule has 0 bridgehead atoms. The van der Waals surface area contributed by atoms with Crippen molar-refractivity contribution >= 4 is 21.8 Å². The Labute approximate surface area is 172 Å². The first-order valence-corrected chi connectivity index (χ1v) is 11.7. The number of Topliss-reactive ketones (excluding diaryl/α,β-unsaturated/α-hetero) is 1. The molecule has 0 aromatic heterocycles. The van der Waals surface area contributed by atoms with E-state index in [-0.39, 0.29) is 36.1 Å². The van der Waals surface area contributed by atoms with Crippen molar-refractivity contribution in [1.29, 1.82) is 0 Å². The lowest BCUT2D eigenvalue weighted by Crippen LogP contribution is -2.58. The van der Waals surface area contributed by atoms with E-state index in [0.717, 1.165) is 18.4 Å². The molecular weight excluding hydrogens is 390 g/mol. The second-order valence-corrected chi connectivity index (χ2v) is 10.5. The van der Waals surface area contributed by atoms with Crippen LogP contribution in [0.3, 0.4) is 0 Å². The second kappa shape index (κ2) is 7.06. The van der Waals surface area contributed by atoms with Crippen LogP contribution in [0.2, 0.25) is 0 Å². The summed E-state index contributed by atoms with van der Waals surface area (Å²) in [6.07, 6.45) is 1.90. The molecule has 2 aliphatic heterocycles. The molecule has 156 valence electrons. The van der Waals surface area contributed by atoms with Crippen LogP contribution in [-0.2, 0) is 24.3 Å². The fraction of sp³-hybridized carbons (Fsp3) is 0.545. The highest BCUT2D eigenvalue weighted by molar-refractivity contribution is 7.89. The number of nitrogens with zero attached hydrogens (tertiary/aromatic N) is 1. The van der Waals surface area contributed by atoms with Crippen LogP contribution in [0.5, 0.6) is 0 Å². The van der Waals surface area contributed by atoms with Gasteiger partial charge >= 0.3 is 5.97 Å². The minimum absolute atomic E-state index is 0.0279. The lowest BCUT2D eigenvalue weighted by molar-refractivity contribution is -0.159. The van der Waals surface area contributed by atoms with Gasteiger partial charge in [0.05, 0.1) is 11.4 Å². The third-order valence-corrected chi connectivity index (χ3v) is 8.64. The summed E-state index contributed by atoms with van der Waals surface area (Å²) < 4.78 is 33.6. The van der Waals surface area contributed by atoms with Gasteiger partial charge in [0.2, 0.25) is 10.0 Å². The number of ether oxygens (including phenoxy) is 1. The van der Waals surface area contributed by atoms with Crippen molar-refractivity contribution in [3.8, 4) is 0 Å². The number of esters is 1. The molecule has 6 nitrogen and oxygen atoms in total. The maximum absolute atomic E-state index is 13.2. The molecule has 0 spiro atoms. The van der Waals surface area contributed by atoms with Gasteiger partial charge in [0.25, 0.3) is 0 Å². The number of carbonyl (C=O) groups excluding carboxylic acids is 2. The van der Waals surface area contributed by atoms with Crippen LogP contribution < -0.4 is 0 Å². The minimum atomic E-state index is -3.73. The molecule has 1 aromatic rings. The molecule has 2 fully saturated rings. The number of piperidine rings is 1. The SMILES string of the molecule is CCCCC1=C2C(=O)C[C@H]3CN(S(=O)(=O)c4ccc(C)cc4)C[C@@H](OC1=O)[C@@]23C. The van der Waals surface area contributed by atoms with E-state index >= 15 is 0 Å². The average molecular weight is 418 g/mol. The molecule has 1 aromatic carbocycles. The summed E-state index contributed by atoms with van der Waals surface area (Å²) in [4.78, 5) is 25.8. The molecule has 29 heavy (non-hydrogen) atoms. The van der Waals surface area contributed by atoms with Crippen molar-refractivity contribution in [2.45, 2.75) is 57.5 Å². The average Bonchev–Trinajstić information content (AvgIpc) is 2.93. The zero-order valence-electron chi connectivity index (χ0n) is 17.1. The van der Waals surface area contributed by atoms with Gasteiger partial charge in [0, 0.05) is 29.5 Å². The quantitative estimate of drug-likeness (QED) is 0.688. The molecule has 0 radical (unpaired) electrons. The monoisotopic (exact) mass is 417 g/mol.